The van der Waals surface area contributed by atoms with Crippen LogP contribution in [0.4, 0.5) is 11.4 Å². The van der Waals surface area contributed by atoms with Gasteiger partial charge >= 0.3 is 0 Å². The zero-order valence-corrected chi connectivity index (χ0v) is 17.2. The van der Waals surface area contributed by atoms with Crippen LogP contribution < -0.4 is 20.7 Å². The van der Waals surface area contributed by atoms with Gasteiger partial charge in [-0.2, -0.15) is 0 Å². The highest BCUT2D eigenvalue weighted by atomic mass is 32.1. The van der Waals surface area contributed by atoms with Crippen molar-refractivity contribution in [3.63, 3.8) is 0 Å². The molecule has 152 valence electrons. The van der Waals surface area contributed by atoms with Crippen LogP contribution in [0.2, 0.25) is 0 Å². The Kier molecular flexibility index (Phi) is 7.13. The van der Waals surface area contributed by atoms with Crippen molar-refractivity contribution in [2.24, 2.45) is 0 Å². The van der Waals surface area contributed by atoms with Crippen LogP contribution in [0.25, 0.3) is 0 Å². The Hall–Kier alpha value is -3.71. The smallest absolute Gasteiger partial charge is 0.262 e. The summed E-state index contributed by atoms with van der Waals surface area (Å²) < 4.78 is 5.43. The second-order valence-corrected chi connectivity index (χ2v) is 6.91. The Morgan fingerprint density at radius 1 is 0.867 bits per heavy atom. The molecule has 3 aromatic rings. The zero-order chi connectivity index (χ0) is 21.3. The largest absolute Gasteiger partial charge is 0.484 e. The number of amides is 2. The van der Waals surface area contributed by atoms with Crippen molar-refractivity contribution in [2.45, 2.75) is 6.92 Å². The molecule has 0 spiro atoms. The third kappa shape index (κ3) is 6.42. The highest BCUT2D eigenvalue weighted by molar-refractivity contribution is 7.80. The molecule has 3 aromatic carbocycles. The Morgan fingerprint density at radius 3 is 2.23 bits per heavy atom. The van der Waals surface area contributed by atoms with Gasteiger partial charge in [0.15, 0.2) is 11.7 Å². The van der Waals surface area contributed by atoms with E-state index in [9.17, 15) is 9.59 Å². The first-order valence-electron chi connectivity index (χ1n) is 9.26. The fraction of sp³-hybridized carbons (Fsp3) is 0.0870. The van der Waals surface area contributed by atoms with Crippen molar-refractivity contribution in [3.8, 4) is 5.75 Å². The van der Waals surface area contributed by atoms with Crippen molar-refractivity contribution in [3.05, 3.63) is 90.0 Å². The highest BCUT2D eigenvalue weighted by Crippen LogP contribution is 2.15. The van der Waals surface area contributed by atoms with E-state index in [4.69, 9.17) is 17.0 Å². The molecular weight excluding hydrogens is 398 g/mol. The molecule has 7 heteroatoms. The molecule has 0 aliphatic heterocycles. The van der Waals surface area contributed by atoms with Crippen LogP contribution >= 0.6 is 12.2 Å². The summed E-state index contributed by atoms with van der Waals surface area (Å²) in [5.41, 5.74) is 2.80. The Labute approximate surface area is 180 Å². The average molecular weight is 420 g/mol. The molecule has 0 aromatic heterocycles. The molecule has 0 bridgehead atoms. The van der Waals surface area contributed by atoms with Gasteiger partial charge in [-0.25, -0.2) is 0 Å². The number of para-hydroxylation sites is 1. The summed E-state index contributed by atoms with van der Waals surface area (Å²) in [6.07, 6.45) is 0. The number of carbonyl (C=O) groups excluding carboxylic acids is 2. The minimum atomic E-state index is -0.296. The highest BCUT2D eigenvalue weighted by Gasteiger charge is 2.09. The summed E-state index contributed by atoms with van der Waals surface area (Å²) in [7, 11) is 0. The molecular formula is C23H21N3O3S. The second kappa shape index (κ2) is 10.2. The predicted octanol–water partition coefficient (Wildman–Crippen LogP) is 4.14. The van der Waals surface area contributed by atoms with E-state index in [2.05, 4.69) is 16.0 Å². The Balaban J connectivity index is 1.51. The lowest BCUT2D eigenvalue weighted by atomic mass is 10.1. The molecule has 6 nitrogen and oxygen atoms in total. The van der Waals surface area contributed by atoms with Gasteiger partial charge in [-0.15, -0.1) is 0 Å². The first kappa shape index (κ1) is 21.0. The first-order chi connectivity index (χ1) is 14.5. The second-order valence-electron chi connectivity index (χ2n) is 6.50. The van der Waals surface area contributed by atoms with E-state index >= 15 is 0 Å². The molecule has 0 fully saturated rings. The summed E-state index contributed by atoms with van der Waals surface area (Å²) in [5.74, 6) is 0.0407. The lowest BCUT2D eigenvalue weighted by molar-refractivity contribution is -0.118. The number of aryl methyl sites for hydroxylation is 1. The van der Waals surface area contributed by atoms with E-state index in [1.165, 1.54) is 0 Å². The SMILES string of the molecule is Cc1ccc(C(=O)NC(=S)Nc2cccc(NC(=O)COc3ccccc3)c2)cc1. The summed E-state index contributed by atoms with van der Waals surface area (Å²) in [6, 6.07) is 23.3. The van der Waals surface area contributed by atoms with Gasteiger partial charge in [0.1, 0.15) is 5.75 Å². The van der Waals surface area contributed by atoms with Crippen molar-refractivity contribution in [2.75, 3.05) is 17.2 Å². The lowest BCUT2D eigenvalue weighted by Crippen LogP contribution is -2.34. The van der Waals surface area contributed by atoms with Gasteiger partial charge in [0.25, 0.3) is 11.8 Å². The average Bonchev–Trinajstić information content (AvgIpc) is 2.73. The van der Waals surface area contributed by atoms with Crippen molar-refractivity contribution in [1.29, 1.82) is 0 Å². The minimum absolute atomic E-state index is 0.104. The van der Waals surface area contributed by atoms with Crippen molar-refractivity contribution < 1.29 is 14.3 Å². The number of ether oxygens (including phenoxy) is 1. The number of anilines is 2. The van der Waals surface area contributed by atoms with Crippen LogP contribution in [-0.4, -0.2) is 23.5 Å². The van der Waals surface area contributed by atoms with Gasteiger partial charge in [0, 0.05) is 16.9 Å². The molecule has 0 aliphatic carbocycles. The monoisotopic (exact) mass is 419 g/mol. The molecule has 0 atom stereocenters. The molecule has 0 heterocycles. The quantitative estimate of drug-likeness (QED) is 0.524. The van der Waals surface area contributed by atoms with Crippen LogP contribution in [0.3, 0.4) is 0 Å². The number of benzene rings is 3. The standard InChI is InChI=1S/C23H21N3O3S/c1-16-10-12-17(13-11-16)22(28)26-23(30)25-19-7-5-6-18(14-19)24-21(27)15-29-20-8-3-2-4-9-20/h2-14H,15H2,1H3,(H,24,27)(H2,25,26,28,30). The lowest BCUT2D eigenvalue weighted by Gasteiger charge is -2.12. The molecule has 0 radical (unpaired) electrons. The maximum Gasteiger partial charge on any atom is 0.262 e. The van der Waals surface area contributed by atoms with Gasteiger partial charge in [-0.1, -0.05) is 42.0 Å². The van der Waals surface area contributed by atoms with Crippen LogP contribution in [-0.2, 0) is 4.79 Å². The number of rotatable bonds is 6. The Bertz CT molecular complexity index is 1040. The summed E-state index contributed by atoms with van der Waals surface area (Å²) in [4.78, 5) is 24.4. The third-order valence-corrected chi connectivity index (χ3v) is 4.26. The van der Waals surface area contributed by atoms with Crippen LogP contribution in [0, 0.1) is 6.92 Å². The zero-order valence-electron chi connectivity index (χ0n) is 16.3. The predicted molar refractivity (Wildman–Crippen MR) is 122 cm³/mol. The topological polar surface area (TPSA) is 79.5 Å². The molecule has 0 saturated carbocycles. The number of thiocarbonyl (C=S) groups is 1. The van der Waals surface area contributed by atoms with Crippen LogP contribution in [0.5, 0.6) is 5.75 Å². The summed E-state index contributed by atoms with van der Waals surface area (Å²) in [5, 5.41) is 8.51. The van der Waals surface area contributed by atoms with E-state index in [-0.39, 0.29) is 23.5 Å². The van der Waals surface area contributed by atoms with Gasteiger partial charge in [-0.3, -0.25) is 14.9 Å². The maximum absolute atomic E-state index is 12.2. The summed E-state index contributed by atoms with van der Waals surface area (Å²) >= 11 is 5.21. The van der Waals surface area contributed by atoms with Crippen molar-refractivity contribution in [1.82, 2.24) is 5.32 Å². The molecule has 0 aliphatic rings. The van der Waals surface area contributed by atoms with Gasteiger partial charge in [0.2, 0.25) is 0 Å². The first-order valence-corrected chi connectivity index (χ1v) is 9.67. The normalized spacial score (nSPS) is 10.0. The van der Waals surface area contributed by atoms with E-state index in [1.807, 2.05) is 37.3 Å². The molecule has 2 amide bonds. The van der Waals surface area contributed by atoms with Gasteiger partial charge in [-0.05, 0) is 61.6 Å². The maximum atomic E-state index is 12.2. The summed E-state index contributed by atoms with van der Waals surface area (Å²) in [6.45, 7) is 1.85. The van der Waals surface area contributed by atoms with Crippen LogP contribution in [0.1, 0.15) is 15.9 Å². The number of carbonyl (C=O) groups is 2. The van der Waals surface area contributed by atoms with Crippen molar-refractivity contribution >= 4 is 40.5 Å². The van der Waals surface area contributed by atoms with E-state index < -0.39 is 0 Å². The number of nitrogens with one attached hydrogen (secondary N) is 3. The molecule has 30 heavy (non-hydrogen) atoms. The molecule has 0 unspecified atom stereocenters. The van der Waals surface area contributed by atoms with Crippen LogP contribution in [0.15, 0.2) is 78.9 Å². The van der Waals surface area contributed by atoms with Gasteiger partial charge in [0.05, 0.1) is 0 Å². The fourth-order valence-corrected chi connectivity index (χ4v) is 2.79. The van der Waals surface area contributed by atoms with E-state index in [0.717, 1.165) is 5.56 Å². The minimum Gasteiger partial charge on any atom is -0.484 e. The number of hydrogen-bond donors (Lipinski definition) is 3. The van der Waals surface area contributed by atoms with E-state index in [0.29, 0.717) is 22.7 Å². The third-order valence-electron chi connectivity index (χ3n) is 4.06. The molecule has 3 rings (SSSR count). The number of hydrogen-bond acceptors (Lipinski definition) is 4. The van der Waals surface area contributed by atoms with Gasteiger partial charge < -0.3 is 15.4 Å². The molecule has 3 N–H and O–H groups in total. The Morgan fingerprint density at radius 2 is 1.53 bits per heavy atom. The van der Waals surface area contributed by atoms with E-state index in [1.54, 1.807) is 48.5 Å². The fourth-order valence-electron chi connectivity index (χ4n) is 2.58. The molecule has 0 saturated heterocycles.